The van der Waals surface area contributed by atoms with Gasteiger partial charge in [0.15, 0.2) is 9.84 Å². The van der Waals surface area contributed by atoms with Crippen molar-refractivity contribution in [1.29, 1.82) is 0 Å². The van der Waals surface area contributed by atoms with Gasteiger partial charge in [-0.05, 0) is 24.8 Å². The highest BCUT2D eigenvalue weighted by molar-refractivity contribution is 7.91. The van der Waals surface area contributed by atoms with Gasteiger partial charge in [0.1, 0.15) is 0 Å². The summed E-state index contributed by atoms with van der Waals surface area (Å²) in [4.78, 5) is 25.2. The normalized spacial score (nSPS) is 18.7. The predicted molar refractivity (Wildman–Crippen MR) is 96.8 cm³/mol. The van der Waals surface area contributed by atoms with Crippen LogP contribution in [0.1, 0.15) is 31.7 Å². The summed E-state index contributed by atoms with van der Waals surface area (Å²) in [7, 11) is -3.05. The topological polar surface area (TPSA) is 83.6 Å². The zero-order valence-corrected chi connectivity index (χ0v) is 15.4. The number of benzene rings is 1. The van der Waals surface area contributed by atoms with E-state index in [1.165, 1.54) is 17.4 Å². The Labute approximate surface area is 149 Å². The zero-order valence-electron chi connectivity index (χ0n) is 14.6. The number of nitrogens with one attached hydrogen (secondary N) is 1. The fourth-order valence-corrected chi connectivity index (χ4v) is 4.82. The summed E-state index contributed by atoms with van der Waals surface area (Å²) in [5.41, 5.74) is 1.24. The van der Waals surface area contributed by atoms with Crippen molar-refractivity contribution in [1.82, 2.24) is 10.2 Å². The summed E-state index contributed by atoms with van der Waals surface area (Å²) in [6.45, 7) is 2.27. The van der Waals surface area contributed by atoms with Crippen molar-refractivity contribution in [2.24, 2.45) is 0 Å². The van der Waals surface area contributed by atoms with Crippen molar-refractivity contribution in [3.63, 3.8) is 0 Å². The Morgan fingerprint density at radius 1 is 1.24 bits per heavy atom. The van der Waals surface area contributed by atoms with Gasteiger partial charge in [0.05, 0.1) is 11.5 Å². The van der Waals surface area contributed by atoms with Crippen molar-refractivity contribution in [3.8, 4) is 0 Å². The summed E-state index contributed by atoms with van der Waals surface area (Å²) in [6.07, 6.45) is 2.41. The lowest BCUT2D eigenvalue weighted by Crippen LogP contribution is -2.42. The number of carbonyl (C=O) groups is 2. The van der Waals surface area contributed by atoms with Gasteiger partial charge < -0.3 is 10.2 Å². The standard InChI is InChI=1S/C18H26N2O4S/c1-15(21)20(17-10-13-25(23,24)14-17)12-9-18(22)19-11-5-8-16-6-3-2-4-7-16/h2-4,6-7,17H,5,8-14H2,1H3,(H,19,22). The summed E-state index contributed by atoms with van der Waals surface area (Å²) in [5.74, 6) is -0.169. The fourth-order valence-electron chi connectivity index (χ4n) is 3.09. The van der Waals surface area contributed by atoms with E-state index in [4.69, 9.17) is 0 Å². The maximum atomic E-state index is 12.0. The molecular weight excluding hydrogens is 340 g/mol. The van der Waals surface area contributed by atoms with E-state index in [1.54, 1.807) is 0 Å². The molecule has 0 saturated carbocycles. The number of carbonyl (C=O) groups excluding carboxylic acids is 2. The van der Waals surface area contributed by atoms with Gasteiger partial charge in [-0.1, -0.05) is 30.3 Å². The molecule has 6 nitrogen and oxygen atoms in total. The molecule has 0 spiro atoms. The Balaban J connectivity index is 1.69. The van der Waals surface area contributed by atoms with Crippen LogP contribution in [0.3, 0.4) is 0 Å². The van der Waals surface area contributed by atoms with Crippen LogP contribution in [-0.4, -0.2) is 55.8 Å². The first-order valence-electron chi connectivity index (χ1n) is 8.65. The molecule has 1 heterocycles. The number of hydrogen-bond donors (Lipinski definition) is 1. The summed E-state index contributed by atoms with van der Waals surface area (Å²) in [6, 6.07) is 9.78. The number of amides is 2. The minimum Gasteiger partial charge on any atom is -0.356 e. The Morgan fingerprint density at radius 3 is 2.56 bits per heavy atom. The van der Waals surface area contributed by atoms with Crippen molar-refractivity contribution in [2.75, 3.05) is 24.6 Å². The molecule has 1 unspecified atom stereocenters. The monoisotopic (exact) mass is 366 g/mol. The molecule has 1 aliphatic heterocycles. The third kappa shape index (κ3) is 6.49. The van der Waals surface area contributed by atoms with Gasteiger partial charge in [0.2, 0.25) is 11.8 Å². The van der Waals surface area contributed by atoms with Gasteiger partial charge in [0.25, 0.3) is 0 Å². The van der Waals surface area contributed by atoms with E-state index in [2.05, 4.69) is 17.4 Å². The van der Waals surface area contributed by atoms with E-state index in [0.29, 0.717) is 13.0 Å². The Morgan fingerprint density at radius 2 is 1.96 bits per heavy atom. The van der Waals surface area contributed by atoms with Crippen molar-refractivity contribution in [2.45, 2.75) is 38.6 Å². The maximum absolute atomic E-state index is 12.0. The van der Waals surface area contributed by atoms with Crippen molar-refractivity contribution < 1.29 is 18.0 Å². The third-order valence-electron chi connectivity index (χ3n) is 4.44. The molecule has 7 heteroatoms. The molecule has 1 fully saturated rings. The summed E-state index contributed by atoms with van der Waals surface area (Å²) >= 11 is 0. The van der Waals surface area contributed by atoms with E-state index in [1.807, 2.05) is 18.2 Å². The Bertz CT molecular complexity index is 688. The molecule has 25 heavy (non-hydrogen) atoms. The SMILES string of the molecule is CC(=O)N(CCC(=O)NCCCc1ccccc1)C1CCS(=O)(=O)C1. The van der Waals surface area contributed by atoms with Crippen LogP contribution in [0.15, 0.2) is 30.3 Å². The molecule has 1 N–H and O–H groups in total. The number of hydrogen-bond acceptors (Lipinski definition) is 4. The molecular formula is C18H26N2O4S. The van der Waals surface area contributed by atoms with E-state index in [-0.39, 0.29) is 42.3 Å². The first-order valence-corrected chi connectivity index (χ1v) is 10.5. The molecule has 1 aromatic rings. The minimum absolute atomic E-state index is 0.00523. The van der Waals surface area contributed by atoms with Crippen LogP contribution in [0.2, 0.25) is 0 Å². The fraction of sp³-hybridized carbons (Fsp3) is 0.556. The maximum Gasteiger partial charge on any atom is 0.221 e. The molecule has 0 radical (unpaired) electrons. The van der Waals surface area contributed by atoms with E-state index in [9.17, 15) is 18.0 Å². The third-order valence-corrected chi connectivity index (χ3v) is 6.19. The Hall–Kier alpha value is -1.89. The van der Waals surface area contributed by atoms with E-state index >= 15 is 0 Å². The van der Waals surface area contributed by atoms with Crippen LogP contribution >= 0.6 is 0 Å². The number of nitrogens with zero attached hydrogens (tertiary/aromatic N) is 1. The molecule has 1 atom stereocenters. The quantitative estimate of drug-likeness (QED) is 0.700. The van der Waals surface area contributed by atoms with Crippen molar-refractivity contribution in [3.05, 3.63) is 35.9 Å². The molecule has 2 rings (SSSR count). The van der Waals surface area contributed by atoms with Gasteiger partial charge in [-0.2, -0.15) is 0 Å². The lowest BCUT2D eigenvalue weighted by molar-refractivity contribution is -0.131. The molecule has 1 aliphatic rings. The van der Waals surface area contributed by atoms with Gasteiger partial charge in [-0.3, -0.25) is 9.59 Å². The molecule has 2 amide bonds. The van der Waals surface area contributed by atoms with Crippen LogP contribution in [-0.2, 0) is 25.8 Å². The smallest absolute Gasteiger partial charge is 0.221 e. The van der Waals surface area contributed by atoms with Crippen LogP contribution < -0.4 is 5.32 Å². The van der Waals surface area contributed by atoms with Crippen LogP contribution in [0.5, 0.6) is 0 Å². The van der Waals surface area contributed by atoms with Gasteiger partial charge in [-0.15, -0.1) is 0 Å². The number of rotatable bonds is 8. The van der Waals surface area contributed by atoms with Crippen LogP contribution in [0, 0.1) is 0 Å². The highest BCUT2D eigenvalue weighted by Gasteiger charge is 2.33. The molecule has 0 aliphatic carbocycles. The summed E-state index contributed by atoms with van der Waals surface area (Å²) < 4.78 is 23.2. The first-order chi connectivity index (χ1) is 11.9. The van der Waals surface area contributed by atoms with E-state index in [0.717, 1.165) is 12.8 Å². The van der Waals surface area contributed by atoms with E-state index < -0.39 is 9.84 Å². The second-order valence-corrected chi connectivity index (χ2v) is 8.69. The average molecular weight is 366 g/mol. The zero-order chi connectivity index (χ0) is 18.3. The molecule has 0 aromatic heterocycles. The van der Waals surface area contributed by atoms with Crippen LogP contribution in [0.4, 0.5) is 0 Å². The summed E-state index contributed by atoms with van der Waals surface area (Å²) in [5, 5.41) is 2.86. The lowest BCUT2D eigenvalue weighted by atomic mass is 10.1. The molecule has 138 valence electrons. The minimum atomic E-state index is -3.05. The van der Waals surface area contributed by atoms with Crippen LogP contribution in [0.25, 0.3) is 0 Å². The highest BCUT2D eigenvalue weighted by atomic mass is 32.2. The largest absolute Gasteiger partial charge is 0.356 e. The van der Waals surface area contributed by atoms with Gasteiger partial charge >= 0.3 is 0 Å². The molecule has 1 saturated heterocycles. The predicted octanol–water partition coefficient (Wildman–Crippen LogP) is 1.16. The van der Waals surface area contributed by atoms with Gasteiger partial charge in [-0.25, -0.2) is 8.42 Å². The lowest BCUT2D eigenvalue weighted by Gasteiger charge is -2.26. The number of sulfone groups is 1. The van der Waals surface area contributed by atoms with Gasteiger partial charge in [0, 0.05) is 32.5 Å². The van der Waals surface area contributed by atoms with Crippen molar-refractivity contribution >= 4 is 21.7 Å². The molecule has 1 aromatic carbocycles. The first kappa shape index (κ1) is 19.4. The Kier molecular flexibility index (Phi) is 6.99. The molecule has 0 bridgehead atoms. The average Bonchev–Trinajstić information content (AvgIpc) is 2.92. The second-order valence-electron chi connectivity index (χ2n) is 6.46. The highest BCUT2D eigenvalue weighted by Crippen LogP contribution is 2.18. The number of aryl methyl sites for hydroxylation is 1. The second kappa shape index (κ2) is 8.99.